The van der Waals surface area contributed by atoms with Crippen molar-refractivity contribution in [2.24, 2.45) is 11.7 Å². The van der Waals surface area contributed by atoms with Crippen molar-refractivity contribution in [3.8, 4) is 0 Å². The molecule has 2 aliphatic rings. The van der Waals surface area contributed by atoms with Gasteiger partial charge >= 0.3 is 0 Å². The summed E-state index contributed by atoms with van der Waals surface area (Å²) in [6.45, 7) is 1.01. The number of hydrogen-bond acceptors (Lipinski definition) is 3. The van der Waals surface area contributed by atoms with Crippen LogP contribution < -0.4 is 5.73 Å². The molecule has 1 saturated carbocycles. The van der Waals surface area contributed by atoms with Gasteiger partial charge in [0.05, 0.1) is 6.61 Å². The van der Waals surface area contributed by atoms with E-state index in [2.05, 4.69) is 18.2 Å². The maximum Gasteiger partial charge on any atom is 0.0611 e. The van der Waals surface area contributed by atoms with Gasteiger partial charge in [0.25, 0.3) is 0 Å². The smallest absolute Gasteiger partial charge is 0.0611 e. The maximum absolute atomic E-state index is 9.50. The summed E-state index contributed by atoms with van der Waals surface area (Å²) < 4.78 is 5.13. The number of aliphatic hydroxyl groups excluding tert-OH is 1. The number of aliphatic hydroxyl groups is 1. The van der Waals surface area contributed by atoms with Crippen LogP contribution in [0.15, 0.2) is 18.2 Å². The number of ether oxygens (including phenoxy) is 1. The standard InChI is InChI=1S/C22H35NO2/c1-25-12-4-2-3-5-17-6-7-19-14-20(9-8-18(19)13-17)21-10-11-22(23,15-21)16-24/h8-9,14,17,21,24H,2-7,10-13,15-16,23H2,1H3/t17-,21-,22+/m1/s1. The third-order valence-corrected chi connectivity index (χ3v) is 6.45. The van der Waals surface area contributed by atoms with E-state index >= 15 is 0 Å². The maximum atomic E-state index is 9.50. The highest BCUT2D eigenvalue weighted by molar-refractivity contribution is 5.36. The average Bonchev–Trinajstić information content (AvgIpc) is 3.04. The van der Waals surface area contributed by atoms with Gasteiger partial charge in [-0.1, -0.05) is 37.5 Å². The SMILES string of the molecule is COCCCCC[C@@H]1CCc2cc([C@@H]3CC[C@@](N)(CO)C3)ccc2C1. The Morgan fingerprint density at radius 1 is 1.20 bits per heavy atom. The van der Waals surface area contributed by atoms with Crippen molar-refractivity contribution >= 4 is 0 Å². The van der Waals surface area contributed by atoms with Crippen LogP contribution in [-0.4, -0.2) is 31.0 Å². The Kier molecular flexibility index (Phi) is 6.54. The quantitative estimate of drug-likeness (QED) is 0.701. The van der Waals surface area contributed by atoms with E-state index in [-0.39, 0.29) is 12.1 Å². The Bertz CT molecular complexity index is 559. The first-order valence-corrected chi connectivity index (χ1v) is 10.1. The third kappa shape index (κ3) is 4.84. The molecule has 2 aliphatic carbocycles. The van der Waals surface area contributed by atoms with Gasteiger partial charge in [-0.25, -0.2) is 0 Å². The molecule has 3 atom stereocenters. The highest BCUT2D eigenvalue weighted by Crippen LogP contribution is 2.40. The molecule has 1 aromatic rings. The molecule has 3 nitrogen and oxygen atoms in total. The number of aryl methyl sites for hydroxylation is 1. The normalized spacial score (nSPS) is 28.9. The van der Waals surface area contributed by atoms with Crippen LogP contribution in [0.25, 0.3) is 0 Å². The van der Waals surface area contributed by atoms with E-state index in [1.807, 2.05) is 0 Å². The molecule has 1 fully saturated rings. The van der Waals surface area contributed by atoms with Crippen LogP contribution in [-0.2, 0) is 17.6 Å². The fourth-order valence-electron chi connectivity index (χ4n) is 4.79. The van der Waals surface area contributed by atoms with Crippen molar-refractivity contribution in [3.05, 3.63) is 34.9 Å². The van der Waals surface area contributed by atoms with E-state index in [4.69, 9.17) is 10.5 Å². The highest BCUT2D eigenvalue weighted by atomic mass is 16.5. The molecule has 0 bridgehead atoms. The van der Waals surface area contributed by atoms with Crippen LogP contribution in [0.5, 0.6) is 0 Å². The number of rotatable bonds is 8. The summed E-state index contributed by atoms with van der Waals surface area (Å²) in [6, 6.07) is 7.14. The second kappa shape index (κ2) is 8.66. The number of hydrogen-bond donors (Lipinski definition) is 2. The van der Waals surface area contributed by atoms with E-state index in [0.29, 0.717) is 5.92 Å². The second-order valence-electron chi connectivity index (χ2n) is 8.44. The van der Waals surface area contributed by atoms with E-state index in [9.17, 15) is 5.11 Å². The van der Waals surface area contributed by atoms with Gasteiger partial charge in [-0.15, -0.1) is 0 Å². The van der Waals surface area contributed by atoms with Gasteiger partial charge in [-0.05, 0) is 73.5 Å². The molecule has 0 unspecified atom stereocenters. The van der Waals surface area contributed by atoms with Gasteiger partial charge in [0.2, 0.25) is 0 Å². The molecule has 140 valence electrons. The molecular formula is C22H35NO2. The van der Waals surface area contributed by atoms with Crippen molar-refractivity contribution in [1.29, 1.82) is 0 Å². The Labute approximate surface area is 153 Å². The molecule has 0 aliphatic heterocycles. The van der Waals surface area contributed by atoms with Crippen LogP contribution in [0.3, 0.4) is 0 Å². The van der Waals surface area contributed by atoms with Crippen LogP contribution in [0.1, 0.15) is 74.0 Å². The minimum absolute atomic E-state index is 0.112. The van der Waals surface area contributed by atoms with Gasteiger partial charge < -0.3 is 15.6 Å². The van der Waals surface area contributed by atoms with Crippen molar-refractivity contribution in [2.75, 3.05) is 20.3 Å². The van der Waals surface area contributed by atoms with Crippen molar-refractivity contribution in [1.82, 2.24) is 0 Å². The predicted octanol–water partition coefficient (Wildman–Crippen LogP) is 3.96. The van der Waals surface area contributed by atoms with Gasteiger partial charge in [-0.2, -0.15) is 0 Å². The van der Waals surface area contributed by atoms with Crippen molar-refractivity contribution in [2.45, 2.75) is 75.7 Å². The number of benzene rings is 1. The molecule has 0 amide bonds. The monoisotopic (exact) mass is 345 g/mol. The van der Waals surface area contributed by atoms with E-state index in [1.54, 1.807) is 18.2 Å². The molecule has 3 N–H and O–H groups in total. The highest BCUT2D eigenvalue weighted by Gasteiger charge is 2.36. The Morgan fingerprint density at radius 3 is 2.84 bits per heavy atom. The zero-order valence-corrected chi connectivity index (χ0v) is 15.8. The fourth-order valence-corrected chi connectivity index (χ4v) is 4.79. The average molecular weight is 346 g/mol. The van der Waals surface area contributed by atoms with E-state index < -0.39 is 0 Å². The Morgan fingerprint density at radius 2 is 2.08 bits per heavy atom. The zero-order valence-electron chi connectivity index (χ0n) is 15.8. The lowest BCUT2D eigenvalue weighted by Gasteiger charge is -2.26. The second-order valence-corrected chi connectivity index (χ2v) is 8.44. The first kappa shape index (κ1) is 18.9. The fraction of sp³-hybridized carbons (Fsp3) is 0.727. The summed E-state index contributed by atoms with van der Waals surface area (Å²) in [5.74, 6) is 1.39. The number of fused-ring (bicyclic) bond motifs is 1. The molecule has 3 heteroatoms. The lowest BCUT2D eigenvalue weighted by molar-refractivity contribution is 0.191. The Balaban J connectivity index is 1.53. The van der Waals surface area contributed by atoms with Gasteiger partial charge in [-0.3, -0.25) is 0 Å². The number of unbranched alkanes of at least 4 members (excludes halogenated alkanes) is 2. The summed E-state index contributed by atoms with van der Waals surface area (Å²) in [5.41, 5.74) is 10.5. The molecule has 0 spiro atoms. The zero-order chi connectivity index (χ0) is 17.7. The summed E-state index contributed by atoms with van der Waals surface area (Å²) >= 11 is 0. The van der Waals surface area contributed by atoms with Crippen molar-refractivity contribution < 1.29 is 9.84 Å². The molecule has 0 saturated heterocycles. The van der Waals surface area contributed by atoms with E-state index in [1.165, 1.54) is 50.5 Å². The largest absolute Gasteiger partial charge is 0.394 e. The predicted molar refractivity (Wildman–Crippen MR) is 103 cm³/mol. The molecule has 25 heavy (non-hydrogen) atoms. The lowest BCUT2D eigenvalue weighted by atomic mass is 9.79. The Hall–Kier alpha value is -0.900. The molecule has 0 heterocycles. The first-order chi connectivity index (χ1) is 12.1. The molecular weight excluding hydrogens is 310 g/mol. The van der Waals surface area contributed by atoms with Gasteiger partial charge in [0.15, 0.2) is 0 Å². The minimum Gasteiger partial charge on any atom is -0.394 e. The molecule has 3 rings (SSSR count). The van der Waals surface area contributed by atoms with Gasteiger partial charge in [0.1, 0.15) is 0 Å². The molecule has 0 aromatic heterocycles. The molecule has 0 radical (unpaired) electrons. The van der Waals surface area contributed by atoms with Crippen LogP contribution in [0.4, 0.5) is 0 Å². The van der Waals surface area contributed by atoms with Crippen molar-refractivity contribution in [3.63, 3.8) is 0 Å². The summed E-state index contributed by atoms with van der Waals surface area (Å²) in [5, 5.41) is 9.50. The first-order valence-electron chi connectivity index (χ1n) is 10.1. The molecule has 1 aromatic carbocycles. The van der Waals surface area contributed by atoms with Crippen LogP contribution in [0, 0.1) is 5.92 Å². The number of nitrogens with two attached hydrogens (primary N) is 1. The topological polar surface area (TPSA) is 55.5 Å². The lowest BCUT2D eigenvalue weighted by Crippen LogP contribution is -2.40. The van der Waals surface area contributed by atoms with Crippen LogP contribution in [0.2, 0.25) is 0 Å². The van der Waals surface area contributed by atoms with E-state index in [0.717, 1.165) is 31.8 Å². The summed E-state index contributed by atoms with van der Waals surface area (Å²) in [4.78, 5) is 0. The van der Waals surface area contributed by atoms with Crippen LogP contribution >= 0.6 is 0 Å². The number of methoxy groups -OCH3 is 1. The third-order valence-electron chi connectivity index (χ3n) is 6.45. The summed E-state index contributed by atoms with van der Waals surface area (Å²) in [6.07, 6.45) is 12.0. The minimum atomic E-state index is -0.353. The summed E-state index contributed by atoms with van der Waals surface area (Å²) in [7, 11) is 1.79. The van der Waals surface area contributed by atoms with Gasteiger partial charge in [0, 0.05) is 19.3 Å².